The minimum Gasteiger partial charge on any atom is -0.359 e. The molecule has 0 saturated heterocycles. The van der Waals surface area contributed by atoms with E-state index in [1.54, 1.807) is 7.05 Å². The van der Waals surface area contributed by atoms with Crippen LogP contribution in [0, 0.1) is 5.92 Å². The summed E-state index contributed by atoms with van der Waals surface area (Å²) in [5.74, 6) is -0.124. The topological polar surface area (TPSA) is 84.2 Å². The Balaban J connectivity index is 2.06. The first-order valence-electron chi connectivity index (χ1n) is 4.39. The van der Waals surface area contributed by atoms with Crippen molar-refractivity contribution >= 4 is 11.8 Å². The Bertz CT molecular complexity index is 217. The molecule has 0 aromatic rings. The van der Waals surface area contributed by atoms with Gasteiger partial charge in [0.2, 0.25) is 11.8 Å². The third kappa shape index (κ3) is 3.02. The lowest BCUT2D eigenvalue weighted by Gasteiger charge is -2.02. The number of nitrogens with two attached hydrogens (primary N) is 1. The van der Waals surface area contributed by atoms with Crippen LogP contribution >= 0.6 is 0 Å². The second-order valence-electron chi connectivity index (χ2n) is 3.22. The Hall–Kier alpha value is -1.10. The quantitative estimate of drug-likeness (QED) is 0.503. The van der Waals surface area contributed by atoms with Gasteiger partial charge in [-0.3, -0.25) is 9.59 Å². The van der Waals surface area contributed by atoms with Crippen LogP contribution in [0.25, 0.3) is 0 Å². The Kier molecular flexibility index (Phi) is 3.25. The second-order valence-corrected chi connectivity index (χ2v) is 3.22. The summed E-state index contributed by atoms with van der Waals surface area (Å²) >= 11 is 0. The Labute approximate surface area is 77.1 Å². The van der Waals surface area contributed by atoms with Crippen LogP contribution in [0.2, 0.25) is 0 Å². The van der Waals surface area contributed by atoms with E-state index in [0.29, 0.717) is 13.0 Å². The SMILES string of the molecule is CNC(=O)CCNC(=O)C1CC1N. The van der Waals surface area contributed by atoms with Gasteiger partial charge in [0.1, 0.15) is 0 Å². The summed E-state index contributed by atoms with van der Waals surface area (Å²) in [6, 6.07) is 0.0278. The van der Waals surface area contributed by atoms with Crippen LogP contribution in [-0.4, -0.2) is 31.4 Å². The third-order valence-corrected chi connectivity index (χ3v) is 2.11. The van der Waals surface area contributed by atoms with Gasteiger partial charge in [-0.2, -0.15) is 0 Å². The Morgan fingerprint density at radius 1 is 1.54 bits per heavy atom. The predicted octanol–water partition coefficient (Wildman–Crippen LogP) is -1.41. The molecule has 0 aliphatic heterocycles. The molecule has 5 heteroatoms. The van der Waals surface area contributed by atoms with Crippen LogP contribution in [0.3, 0.4) is 0 Å². The maximum absolute atomic E-state index is 11.2. The number of carbonyl (C=O) groups excluding carboxylic acids is 2. The van der Waals surface area contributed by atoms with E-state index in [4.69, 9.17) is 5.73 Å². The number of carbonyl (C=O) groups is 2. The fourth-order valence-corrected chi connectivity index (χ4v) is 1.07. The zero-order valence-corrected chi connectivity index (χ0v) is 7.67. The summed E-state index contributed by atoms with van der Waals surface area (Å²) in [7, 11) is 1.57. The van der Waals surface area contributed by atoms with Crippen LogP contribution < -0.4 is 16.4 Å². The molecule has 74 valence electrons. The van der Waals surface area contributed by atoms with Gasteiger partial charge in [0.05, 0.1) is 5.92 Å². The fraction of sp³-hybridized carbons (Fsp3) is 0.750. The number of hydrogen-bond donors (Lipinski definition) is 3. The van der Waals surface area contributed by atoms with Crippen molar-refractivity contribution in [3.63, 3.8) is 0 Å². The second kappa shape index (κ2) is 4.23. The third-order valence-electron chi connectivity index (χ3n) is 2.11. The smallest absolute Gasteiger partial charge is 0.224 e. The molecule has 0 heterocycles. The highest BCUT2D eigenvalue weighted by Crippen LogP contribution is 2.27. The van der Waals surface area contributed by atoms with Crippen molar-refractivity contribution in [1.82, 2.24) is 10.6 Å². The molecule has 1 rings (SSSR count). The molecule has 2 unspecified atom stereocenters. The molecule has 1 aliphatic rings. The van der Waals surface area contributed by atoms with Crippen molar-refractivity contribution in [2.24, 2.45) is 11.7 Å². The van der Waals surface area contributed by atoms with Gasteiger partial charge < -0.3 is 16.4 Å². The van der Waals surface area contributed by atoms with Crippen LogP contribution in [0.15, 0.2) is 0 Å². The van der Waals surface area contributed by atoms with Gasteiger partial charge in [0, 0.05) is 26.1 Å². The number of amides is 2. The summed E-state index contributed by atoms with van der Waals surface area (Å²) in [6.07, 6.45) is 1.09. The molecule has 0 radical (unpaired) electrons. The van der Waals surface area contributed by atoms with Crippen molar-refractivity contribution < 1.29 is 9.59 Å². The average Bonchev–Trinajstić information content (AvgIpc) is 2.82. The molecule has 2 atom stereocenters. The van der Waals surface area contributed by atoms with Gasteiger partial charge in [-0.25, -0.2) is 0 Å². The normalized spacial score (nSPS) is 25.1. The number of rotatable bonds is 4. The molecule has 1 aliphatic carbocycles. The first kappa shape index (κ1) is 9.98. The largest absolute Gasteiger partial charge is 0.359 e. The van der Waals surface area contributed by atoms with Gasteiger partial charge in [-0.15, -0.1) is 0 Å². The van der Waals surface area contributed by atoms with E-state index in [-0.39, 0.29) is 23.8 Å². The van der Waals surface area contributed by atoms with E-state index in [9.17, 15) is 9.59 Å². The van der Waals surface area contributed by atoms with Crippen LogP contribution in [-0.2, 0) is 9.59 Å². The van der Waals surface area contributed by atoms with Crippen molar-refractivity contribution in [1.29, 1.82) is 0 Å². The van der Waals surface area contributed by atoms with Gasteiger partial charge >= 0.3 is 0 Å². The van der Waals surface area contributed by atoms with Gasteiger partial charge in [-0.05, 0) is 6.42 Å². The summed E-state index contributed by atoms with van der Waals surface area (Å²) in [5.41, 5.74) is 5.48. The van der Waals surface area contributed by atoms with E-state index in [2.05, 4.69) is 10.6 Å². The molecule has 0 spiro atoms. The molecule has 0 aromatic carbocycles. The molecular weight excluding hydrogens is 170 g/mol. The Morgan fingerprint density at radius 3 is 2.62 bits per heavy atom. The van der Waals surface area contributed by atoms with Crippen molar-refractivity contribution in [3.05, 3.63) is 0 Å². The highest BCUT2D eigenvalue weighted by atomic mass is 16.2. The molecule has 2 amide bonds. The fourth-order valence-electron chi connectivity index (χ4n) is 1.07. The van der Waals surface area contributed by atoms with E-state index in [1.165, 1.54) is 0 Å². The zero-order valence-electron chi connectivity index (χ0n) is 7.67. The maximum Gasteiger partial charge on any atom is 0.224 e. The highest BCUT2D eigenvalue weighted by Gasteiger charge is 2.39. The number of hydrogen-bond acceptors (Lipinski definition) is 3. The molecule has 0 bridgehead atoms. The molecular formula is C8H15N3O2. The van der Waals surface area contributed by atoms with Crippen molar-refractivity contribution in [2.45, 2.75) is 18.9 Å². The average molecular weight is 185 g/mol. The van der Waals surface area contributed by atoms with Crippen molar-refractivity contribution in [3.8, 4) is 0 Å². The molecule has 4 N–H and O–H groups in total. The zero-order chi connectivity index (χ0) is 9.84. The van der Waals surface area contributed by atoms with Crippen LogP contribution in [0.5, 0.6) is 0 Å². The highest BCUT2D eigenvalue weighted by molar-refractivity contribution is 5.83. The predicted molar refractivity (Wildman–Crippen MR) is 47.8 cm³/mol. The lowest BCUT2D eigenvalue weighted by Crippen LogP contribution is -2.31. The maximum atomic E-state index is 11.2. The van der Waals surface area contributed by atoms with Gasteiger partial charge in [-0.1, -0.05) is 0 Å². The van der Waals surface area contributed by atoms with E-state index < -0.39 is 0 Å². The monoisotopic (exact) mass is 185 g/mol. The summed E-state index contributed by atoms with van der Waals surface area (Å²) in [4.78, 5) is 21.9. The van der Waals surface area contributed by atoms with Crippen molar-refractivity contribution in [2.75, 3.05) is 13.6 Å². The van der Waals surface area contributed by atoms with E-state index in [1.807, 2.05) is 0 Å². The minimum absolute atomic E-state index is 0.0234. The van der Waals surface area contributed by atoms with Gasteiger partial charge in [0.15, 0.2) is 0 Å². The van der Waals surface area contributed by atoms with Gasteiger partial charge in [0.25, 0.3) is 0 Å². The standard InChI is InChI=1S/C8H15N3O2/c1-10-7(12)2-3-11-8(13)5-4-6(5)9/h5-6H,2-4,9H2,1H3,(H,10,12)(H,11,13). The molecule has 13 heavy (non-hydrogen) atoms. The number of nitrogens with one attached hydrogen (secondary N) is 2. The molecule has 5 nitrogen and oxygen atoms in total. The first-order valence-corrected chi connectivity index (χ1v) is 4.39. The Morgan fingerprint density at radius 2 is 2.15 bits per heavy atom. The van der Waals surface area contributed by atoms with Crippen LogP contribution in [0.1, 0.15) is 12.8 Å². The lowest BCUT2D eigenvalue weighted by molar-refractivity contribution is -0.123. The first-order chi connectivity index (χ1) is 6.15. The summed E-state index contributed by atoms with van der Waals surface area (Å²) < 4.78 is 0. The minimum atomic E-state index is -0.0691. The van der Waals surface area contributed by atoms with Crippen LogP contribution in [0.4, 0.5) is 0 Å². The lowest BCUT2D eigenvalue weighted by atomic mass is 10.3. The van der Waals surface area contributed by atoms with E-state index >= 15 is 0 Å². The molecule has 1 fully saturated rings. The molecule has 1 saturated carbocycles. The van der Waals surface area contributed by atoms with E-state index in [0.717, 1.165) is 6.42 Å². The molecule has 0 aromatic heterocycles. The summed E-state index contributed by atoms with van der Waals surface area (Å²) in [5, 5.41) is 5.14. The summed E-state index contributed by atoms with van der Waals surface area (Å²) in [6.45, 7) is 0.391.